The second-order valence-corrected chi connectivity index (χ2v) is 13.2. The lowest BCUT2D eigenvalue weighted by atomic mass is 9.95. The van der Waals surface area contributed by atoms with Crippen LogP contribution in [-0.4, -0.2) is 67.2 Å². The average molecular weight is 645 g/mol. The smallest absolute Gasteiger partial charge is 0.326 e. The van der Waals surface area contributed by atoms with Gasteiger partial charge in [-0.05, 0) is 47.9 Å². The zero-order chi connectivity index (χ0) is 30.8. The molecule has 1 saturated heterocycles. The number of epoxide rings is 1. The predicted molar refractivity (Wildman–Crippen MR) is 152 cm³/mol. The van der Waals surface area contributed by atoms with Crippen molar-refractivity contribution < 1.29 is 42.2 Å². The first-order valence-electron chi connectivity index (χ1n) is 13.0. The number of carboxylic acid groups (broad SMARTS) is 1. The molecule has 1 fully saturated rings. The number of fused-ring (bicyclic) bond motifs is 4. The van der Waals surface area contributed by atoms with E-state index in [4.69, 9.17) is 32.7 Å². The van der Waals surface area contributed by atoms with Crippen molar-refractivity contribution in [2.45, 2.75) is 36.2 Å². The zero-order valence-electron chi connectivity index (χ0n) is 22.3. The molecule has 14 heteroatoms. The van der Waals surface area contributed by atoms with Gasteiger partial charge in [0.25, 0.3) is 17.7 Å². The first kappa shape index (κ1) is 29.1. The molecule has 3 atom stereocenters. The van der Waals surface area contributed by atoms with Crippen LogP contribution in [0.1, 0.15) is 53.9 Å². The fraction of sp³-hybridized carbons (Fsp3) is 0.241. The number of nitrogens with one attached hydrogen (secondary N) is 1. The largest absolute Gasteiger partial charge is 0.480 e. The number of imide groups is 1. The highest BCUT2D eigenvalue weighted by Crippen LogP contribution is 2.50. The van der Waals surface area contributed by atoms with E-state index in [0.29, 0.717) is 16.9 Å². The standard InChI is InChI=1S/C29H22Cl2N2O9S/c1-43(39,40)15-4-2-3-13(9-15)10-20(28(37)38)32-25(34)22-19(30)12-18-16(23(22)31)7-8-33(27(18)36)26(35)14-5-6-17-21(11-14)41-29-24(17)42-29/h2-6,9,11-12,20,24,29H,7-8,10H2,1H3,(H,32,34)(H,37,38)/t20-,24?,29?/m0/s1. The van der Waals surface area contributed by atoms with Crippen LogP contribution < -0.4 is 10.1 Å². The van der Waals surface area contributed by atoms with E-state index in [-0.39, 0.29) is 63.4 Å². The van der Waals surface area contributed by atoms with E-state index in [1.54, 1.807) is 24.3 Å². The number of aliphatic carboxylic acids is 1. The number of hydrogen-bond acceptors (Lipinski definition) is 8. The Labute approximate surface area is 255 Å². The molecular formula is C29H22Cl2N2O9S. The van der Waals surface area contributed by atoms with Gasteiger partial charge < -0.3 is 19.9 Å². The van der Waals surface area contributed by atoms with Crippen molar-refractivity contribution in [1.29, 1.82) is 0 Å². The Kier molecular flexibility index (Phi) is 7.20. The van der Waals surface area contributed by atoms with Crippen molar-refractivity contribution in [2.75, 3.05) is 12.8 Å². The predicted octanol–water partition coefficient (Wildman–Crippen LogP) is 3.45. The number of ether oxygens (including phenoxy) is 2. The summed E-state index contributed by atoms with van der Waals surface area (Å²) in [5.74, 6) is -2.92. The topological polar surface area (TPSA) is 160 Å². The van der Waals surface area contributed by atoms with Crippen LogP contribution in [0.15, 0.2) is 53.4 Å². The van der Waals surface area contributed by atoms with Crippen LogP contribution in [0.25, 0.3) is 0 Å². The van der Waals surface area contributed by atoms with Crippen LogP contribution in [0.4, 0.5) is 0 Å². The molecule has 11 nitrogen and oxygen atoms in total. The van der Waals surface area contributed by atoms with E-state index in [2.05, 4.69) is 5.32 Å². The third-order valence-corrected chi connectivity index (χ3v) is 9.31. The number of sulfone groups is 1. The molecule has 0 radical (unpaired) electrons. The van der Waals surface area contributed by atoms with Gasteiger partial charge in [0.1, 0.15) is 11.8 Å². The summed E-state index contributed by atoms with van der Waals surface area (Å²) in [5.41, 5.74) is 1.59. The summed E-state index contributed by atoms with van der Waals surface area (Å²) in [6, 6.07) is 10.4. The highest BCUT2D eigenvalue weighted by atomic mass is 35.5. The fourth-order valence-corrected chi connectivity index (χ4v) is 6.64. The SMILES string of the molecule is CS(=O)(=O)c1cccc(C[C@H](NC(=O)c2c(Cl)cc3c(c2Cl)CCN(C(=O)c2ccc4c(c2)OC2OC42)C3=O)C(=O)O)c1. The van der Waals surface area contributed by atoms with Gasteiger partial charge in [-0.2, -0.15) is 0 Å². The summed E-state index contributed by atoms with van der Waals surface area (Å²) in [6.07, 6.45) is 0.472. The molecule has 0 saturated carbocycles. The number of halogens is 2. The lowest BCUT2D eigenvalue weighted by Gasteiger charge is -2.29. The summed E-state index contributed by atoms with van der Waals surface area (Å²) < 4.78 is 34.7. The molecule has 3 aliphatic rings. The number of amides is 3. The molecule has 3 aromatic carbocycles. The number of carboxylic acids is 1. The number of rotatable bonds is 7. The monoisotopic (exact) mass is 644 g/mol. The Morgan fingerprint density at radius 2 is 1.91 bits per heavy atom. The lowest BCUT2D eigenvalue weighted by Crippen LogP contribution is -2.43. The summed E-state index contributed by atoms with van der Waals surface area (Å²) in [5, 5.41) is 11.8. The minimum atomic E-state index is -3.53. The van der Waals surface area contributed by atoms with Crippen LogP contribution in [0, 0.1) is 0 Å². The lowest BCUT2D eigenvalue weighted by molar-refractivity contribution is -0.139. The van der Waals surface area contributed by atoms with Gasteiger partial charge in [-0.1, -0.05) is 41.4 Å². The van der Waals surface area contributed by atoms with Crippen LogP contribution in [0.3, 0.4) is 0 Å². The maximum absolute atomic E-state index is 13.4. The van der Waals surface area contributed by atoms with Crippen LogP contribution >= 0.6 is 23.2 Å². The van der Waals surface area contributed by atoms with Gasteiger partial charge in [0.15, 0.2) is 15.9 Å². The van der Waals surface area contributed by atoms with Crippen LogP contribution in [0.2, 0.25) is 10.0 Å². The Morgan fingerprint density at radius 3 is 2.63 bits per heavy atom. The first-order valence-corrected chi connectivity index (χ1v) is 15.6. The van der Waals surface area contributed by atoms with E-state index in [0.717, 1.165) is 16.7 Å². The highest BCUT2D eigenvalue weighted by Gasteiger charge is 2.50. The molecule has 3 heterocycles. The van der Waals surface area contributed by atoms with Crippen LogP contribution in [0.5, 0.6) is 5.75 Å². The van der Waals surface area contributed by atoms with Gasteiger partial charge in [0, 0.05) is 35.9 Å². The molecule has 2 unspecified atom stereocenters. The van der Waals surface area contributed by atoms with E-state index < -0.39 is 39.6 Å². The molecular weight excluding hydrogens is 623 g/mol. The third-order valence-electron chi connectivity index (χ3n) is 7.48. The van der Waals surface area contributed by atoms with Crippen molar-refractivity contribution in [2.24, 2.45) is 0 Å². The Balaban J connectivity index is 1.22. The minimum absolute atomic E-state index is 0.00832. The normalized spacial score (nSPS) is 19.0. The van der Waals surface area contributed by atoms with E-state index in [1.165, 1.54) is 24.3 Å². The molecule has 3 aliphatic heterocycles. The molecule has 6 rings (SSSR count). The molecule has 0 aromatic heterocycles. The number of nitrogens with zero attached hydrogens (tertiary/aromatic N) is 1. The van der Waals surface area contributed by atoms with Crippen molar-refractivity contribution in [3.63, 3.8) is 0 Å². The molecule has 0 spiro atoms. The number of hydrogen-bond donors (Lipinski definition) is 2. The van der Waals surface area contributed by atoms with E-state index in [1.807, 2.05) is 0 Å². The molecule has 3 amide bonds. The van der Waals surface area contributed by atoms with Gasteiger partial charge in [-0.15, -0.1) is 0 Å². The van der Waals surface area contributed by atoms with Crippen molar-refractivity contribution in [3.8, 4) is 5.75 Å². The van der Waals surface area contributed by atoms with Crippen LogP contribution in [-0.2, 0) is 32.2 Å². The number of carbonyl (C=O) groups excluding carboxylic acids is 3. The molecule has 43 heavy (non-hydrogen) atoms. The molecule has 2 N–H and O–H groups in total. The summed E-state index contributed by atoms with van der Waals surface area (Å²) >= 11 is 13.0. The average Bonchev–Trinajstić information content (AvgIpc) is 3.62. The minimum Gasteiger partial charge on any atom is -0.480 e. The summed E-state index contributed by atoms with van der Waals surface area (Å²) in [6.45, 7) is -0.0200. The number of carbonyl (C=O) groups is 4. The molecule has 3 aromatic rings. The first-order chi connectivity index (χ1) is 20.3. The van der Waals surface area contributed by atoms with Gasteiger partial charge in [-0.3, -0.25) is 19.3 Å². The summed E-state index contributed by atoms with van der Waals surface area (Å²) in [7, 11) is -3.53. The van der Waals surface area contributed by atoms with Gasteiger partial charge in [-0.25, -0.2) is 13.2 Å². The Morgan fingerprint density at radius 1 is 1.14 bits per heavy atom. The summed E-state index contributed by atoms with van der Waals surface area (Å²) in [4.78, 5) is 53.0. The maximum Gasteiger partial charge on any atom is 0.326 e. The van der Waals surface area contributed by atoms with Gasteiger partial charge in [0.2, 0.25) is 6.29 Å². The third kappa shape index (κ3) is 5.35. The van der Waals surface area contributed by atoms with Gasteiger partial charge >= 0.3 is 5.97 Å². The quantitative estimate of drug-likeness (QED) is 0.290. The van der Waals surface area contributed by atoms with Crippen molar-refractivity contribution in [3.05, 3.63) is 92.0 Å². The zero-order valence-corrected chi connectivity index (χ0v) is 24.6. The number of benzene rings is 3. The van der Waals surface area contributed by atoms with Gasteiger partial charge in [0.05, 0.1) is 20.5 Å². The second-order valence-electron chi connectivity index (χ2n) is 10.4. The molecule has 0 bridgehead atoms. The maximum atomic E-state index is 13.4. The molecule has 0 aliphatic carbocycles. The van der Waals surface area contributed by atoms with E-state index >= 15 is 0 Å². The fourth-order valence-electron chi connectivity index (χ4n) is 5.23. The Hall–Kier alpha value is -3.97. The van der Waals surface area contributed by atoms with Crippen molar-refractivity contribution in [1.82, 2.24) is 10.2 Å². The van der Waals surface area contributed by atoms with Crippen molar-refractivity contribution >= 4 is 56.7 Å². The highest BCUT2D eigenvalue weighted by molar-refractivity contribution is 7.90. The van der Waals surface area contributed by atoms with E-state index in [9.17, 15) is 32.7 Å². The second kappa shape index (κ2) is 10.6. The Bertz CT molecular complexity index is 1860. The molecule has 222 valence electrons.